The predicted octanol–water partition coefficient (Wildman–Crippen LogP) is 1.28. The van der Waals surface area contributed by atoms with Gasteiger partial charge in [0, 0.05) is 13.1 Å². The van der Waals surface area contributed by atoms with Crippen LogP contribution in [0.5, 0.6) is 0 Å². The Morgan fingerprint density at radius 3 is 2.67 bits per heavy atom. The van der Waals surface area contributed by atoms with E-state index in [4.69, 9.17) is 5.26 Å². The number of carbonyl (C=O) groups is 2. The lowest BCUT2D eigenvalue weighted by atomic mass is 9.98. The maximum Gasteiger partial charge on any atom is 0.246 e. The summed E-state index contributed by atoms with van der Waals surface area (Å²) in [5, 5.41) is 8.79. The van der Waals surface area contributed by atoms with Crippen molar-refractivity contribution >= 4 is 11.8 Å². The highest BCUT2D eigenvalue weighted by Gasteiger charge is 2.40. The van der Waals surface area contributed by atoms with Crippen LogP contribution in [0, 0.1) is 11.3 Å². The van der Waals surface area contributed by atoms with Crippen molar-refractivity contribution in [2.24, 2.45) is 0 Å². The number of rotatable bonds is 2. The minimum atomic E-state index is -0.265. The predicted molar refractivity (Wildman–Crippen MR) is 75.9 cm³/mol. The highest BCUT2D eigenvalue weighted by Crippen LogP contribution is 2.24. The van der Waals surface area contributed by atoms with Gasteiger partial charge < -0.3 is 9.80 Å². The van der Waals surface area contributed by atoms with Crippen LogP contribution < -0.4 is 0 Å². The third-order valence-corrected chi connectivity index (χ3v) is 4.20. The van der Waals surface area contributed by atoms with Gasteiger partial charge in [-0.05, 0) is 37.0 Å². The molecule has 2 heterocycles. The Hall–Kier alpha value is -2.35. The van der Waals surface area contributed by atoms with Gasteiger partial charge in [-0.15, -0.1) is 0 Å². The summed E-state index contributed by atoms with van der Waals surface area (Å²) >= 11 is 0. The van der Waals surface area contributed by atoms with Crippen molar-refractivity contribution in [3.63, 3.8) is 0 Å². The smallest absolute Gasteiger partial charge is 0.246 e. The monoisotopic (exact) mass is 283 g/mol. The number of nitriles is 1. The average Bonchev–Trinajstić information content (AvgIpc) is 2.53. The standard InChI is InChI=1S/C16H17N3O2/c17-9-12-4-6-13(7-5-12)10-18-11-15(20)19-8-2-1-3-14(19)16(18)21/h4-7,14H,1-3,8,10-11H2. The molecule has 0 radical (unpaired) electrons. The van der Waals surface area contributed by atoms with E-state index in [-0.39, 0.29) is 24.4 Å². The summed E-state index contributed by atoms with van der Waals surface area (Å²) in [7, 11) is 0. The van der Waals surface area contributed by atoms with Crippen molar-refractivity contribution in [3.8, 4) is 6.07 Å². The van der Waals surface area contributed by atoms with Gasteiger partial charge in [0.15, 0.2) is 0 Å². The molecule has 108 valence electrons. The van der Waals surface area contributed by atoms with Gasteiger partial charge in [-0.25, -0.2) is 0 Å². The fourth-order valence-corrected chi connectivity index (χ4v) is 3.07. The number of piperazine rings is 1. The largest absolute Gasteiger partial charge is 0.329 e. The van der Waals surface area contributed by atoms with Gasteiger partial charge in [-0.2, -0.15) is 5.26 Å². The number of fused-ring (bicyclic) bond motifs is 1. The van der Waals surface area contributed by atoms with Gasteiger partial charge in [0.2, 0.25) is 11.8 Å². The van der Waals surface area contributed by atoms with Crippen LogP contribution in [0.3, 0.4) is 0 Å². The van der Waals surface area contributed by atoms with E-state index in [0.29, 0.717) is 18.7 Å². The van der Waals surface area contributed by atoms with Crippen LogP contribution in [0.25, 0.3) is 0 Å². The van der Waals surface area contributed by atoms with Crippen LogP contribution in [0.4, 0.5) is 0 Å². The summed E-state index contributed by atoms with van der Waals surface area (Å²) < 4.78 is 0. The fraction of sp³-hybridized carbons (Fsp3) is 0.438. The van der Waals surface area contributed by atoms with Crippen molar-refractivity contribution in [2.45, 2.75) is 31.8 Å². The molecule has 5 heteroatoms. The molecule has 1 atom stereocenters. The van der Waals surface area contributed by atoms with Gasteiger partial charge in [-0.3, -0.25) is 9.59 Å². The Kier molecular flexibility index (Phi) is 3.61. The second-order valence-electron chi connectivity index (χ2n) is 5.60. The Morgan fingerprint density at radius 2 is 1.95 bits per heavy atom. The molecular formula is C16H17N3O2. The minimum absolute atomic E-state index is 0.0490. The lowest BCUT2D eigenvalue weighted by Crippen LogP contribution is -2.60. The summed E-state index contributed by atoms with van der Waals surface area (Å²) in [5.41, 5.74) is 1.54. The van der Waals surface area contributed by atoms with E-state index in [1.807, 2.05) is 12.1 Å². The number of carbonyl (C=O) groups excluding carboxylic acids is 2. The number of piperidine rings is 1. The zero-order valence-electron chi connectivity index (χ0n) is 11.8. The van der Waals surface area contributed by atoms with Crippen molar-refractivity contribution in [1.82, 2.24) is 9.80 Å². The molecule has 1 aromatic rings. The Morgan fingerprint density at radius 1 is 1.19 bits per heavy atom. The molecular weight excluding hydrogens is 266 g/mol. The molecule has 5 nitrogen and oxygen atoms in total. The Bertz CT molecular complexity index is 603. The highest BCUT2D eigenvalue weighted by atomic mass is 16.2. The van der Waals surface area contributed by atoms with E-state index in [9.17, 15) is 9.59 Å². The normalized spacial score (nSPS) is 22.0. The van der Waals surface area contributed by atoms with Crippen molar-refractivity contribution in [3.05, 3.63) is 35.4 Å². The van der Waals surface area contributed by atoms with Gasteiger partial charge in [-0.1, -0.05) is 12.1 Å². The lowest BCUT2D eigenvalue weighted by Gasteiger charge is -2.42. The molecule has 0 N–H and O–H groups in total. The molecule has 3 rings (SSSR count). The molecule has 0 aromatic heterocycles. The summed E-state index contributed by atoms with van der Waals surface area (Å²) in [6.07, 6.45) is 2.77. The van der Waals surface area contributed by atoms with Gasteiger partial charge in [0.25, 0.3) is 0 Å². The third kappa shape index (κ3) is 2.62. The van der Waals surface area contributed by atoms with E-state index in [0.717, 1.165) is 24.8 Å². The molecule has 1 unspecified atom stereocenters. The summed E-state index contributed by atoms with van der Waals surface area (Å²) in [5.74, 6) is 0.103. The van der Waals surface area contributed by atoms with Crippen molar-refractivity contribution in [1.29, 1.82) is 5.26 Å². The number of amides is 2. The molecule has 2 fully saturated rings. The van der Waals surface area contributed by atoms with E-state index in [1.165, 1.54) is 0 Å². The molecule has 2 aliphatic rings. The van der Waals surface area contributed by atoms with Gasteiger partial charge in [0.1, 0.15) is 12.6 Å². The summed E-state index contributed by atoms with van der Waals surface area (Å²) in [6.45, 7) is 1.30. The van der Waals surface area contributed by atoms with Crippen LogP contribution in [0.2, 0.25) is 0 Å². The van der Waals surface area contributed by atoms with E-state index in [1.54, 1.807) is 21.9 Å². The number of benzene rings is 1. The molecule has 0 bridgehead atoms. The van der Waals surface area contributed by atoms with Gasteiger partial charge in [0.05, 0.1) is 11.6 Å². The van der Waals surface area contributed by atoms with Crippen LogP contribution in [0.15, 0.2) is 24.3 Å². The maximum absolute atomic E-state index is 12.5. The van der Waals surface area contributed by atoms with Gasteiger partial charge >= 0.3 is 0 Å². The molecule has 0 saturated carbocycles. The Labute approximate surface area is 123 Å². The van der Waals surface area contributed by atoms with Crippen LogP contribution in [0.1, 0.15) is 30.4 Å². The van der Waals surface area contributed by atoms with Crippen LogP contribution in [-0.2, 0) is 16.1 Å². The van der Waals surface area contributed by atoms with Crippen LogP contribution in [-0.4, -0.2) is 40.7 Å². The second kappa shape index (κ2) is 5.57. The van der Waals surface area contributed by atoms with E-state index >= 15 is 0 Å². The average molecular weight is 283 g/mol. The lowest BCUT2D eigenvalue weighted by molar-refractivity contribution is -0.158. The SMILES string of the molecule is N#Cc1ccc(CN2CC(=O)N3CCCCC3C2=O)cc1. The quantitative estimate of drug-likeness (QED) is 0.821. The summed E-state index contributed by atoms with van der Waals surface area (Å²) in [4.78, 5) is 28.0. The molecule has 2 saturated heterocycles. The van der Waals surface area contributed by atoms with Crippen molar-refractivity contribution < 1.29 is 9.59 Å². The summed E-state index contributed by atoms with van der Waals surface area (Å²) in [6, 6.07) is 8.95. The first kappa shape index (κ1) is 13.6. The number of hydrogen-bond donors (Lipinski definition) is 0. The number of hydrogen-bond acceptors (Lipinski definition) is 3. The molecule has 0 aliphatic carbocycles. The topological polar surface area (TPSA) is 64.4 Å². The second-order valence-corrected chi connectivity index (χ2v) is 5.60. The first-order valence-corrected chi connectivity index (χ1v) is 7.26. The molecule has 0 spiro atoms. The zero-order valence-corrected chi connectivity index (χ0v) is 11.8. The van der Waals surface area contributed by atoms with Crippen molar-refractivity contribution in [2.75, 3.05) is 13.1 Å². The molecule has 2 amide bonds. The third-order valence-electron chi connectivity index (χ3n) is 4.20. The van der Waals surface area contributed by atoms with E-state index < -0.39 is 0 Å². The van der Waals surface area contributed by atoms with E-state index in [2.05, 4.69) is 6.07 Å². The first-order valence-electron chi connectivity index (χ1n) is 7.26. The fourth-order valence-electron chi connectivity index (χ4n) is 3.07. The molecule has 2 aliphatic heterocycles. The number of nitrogens with zero attached hydrogens (tertiary/aromatic N) is 3. The zero-order chi connectivity index (χ0) is 14.8. The maximum atomic E-state index is 12.5. The first-order chi connectivity index (χ1) is 10.2. The molecule has 21 heavy (non-hydrogen) atoms. The van der Waals surface area contributed by atoms with Crippen LogP contribution >= 0.6 is 0 Å². The minimum Gasteiger partial charge on any atom is -0.329 e. The Balaban J connectivity index is 1.74. The molecule has 1 aromatic carbocycles. The highest BCUT2D eigenvalue weighted by molar-refractivity contribution is 5.95.